The van der Waals surface area contributed by atoms with E-state index in [-0.39, 0.29) is 12.4 Å². The molecule has 0 saturated heterocycles. The lowest BCUT2D eigenvalue weighted by molar-refractivity contribution is 0.249. The maximum atomic E-state index is 12.6. The predicted octanol–water partition coefficient (Wildman–Crippen LogP) is 1.84. The van der Waals surface area contributed by atoms with Gasteiger partial charge in [0.25, 0.3) is 0 Å². The van der Waals surface area contributed by atoms with Crippen LogP contribution in [0, 0.1) is 12.7 Å². The molecule has 0 aliphatic heterocycles. The maximum Gasteiger partial charge on any atom is 0.319 e. The van der Waals surface area contributed by atoms with Gasteiger partial charge < -0.3 is 15.2 Å². The molecule has 0 unspecified atom stereocenters. The highest BCUT2D eigenvalue weighted by molar-refractivity contribution is 5.89. The Labute approximate surface area is 102 Å². The summed E-state index contributed by atoms with van der Waals surface area (Å²) in [6.07, 6.45) is 0. The fourth-order valence-corrected chi connectivity index (χ4v) is 1.28. The molecule has 0 saturated carbocycles. The second kappa shape index (κ2) is 5.26. The summed E-state index contributed by atoms with van der Waals surface area (Å²) in [6, 6.07) is 5.02. The van der Waals surface area contributed by atoms with Gasteiger partial charge in [-0.3, -0.25) is 0 Å². The Kier molecular flexibility index (Phi) is 3.52. The smallest absolute Gasteiger partial charge is 0.319 e. The SMILES string of the molecule is Cc1noc(CNC(=O)Nc2ccc(F)cc2)n1. The lowest BCUT2D eigenvalue weighted by Crippen LogP contribution is -2.28. The number of aromatic nitrogens is 2. The summed E-state index contributed by atoms with van der Waals surface area (Å²) in [7, 11) is 0. The number of amides is 2. The molecule has 0 aliphatic carbocycles. The number of benzene rings is 1. The van der Waals surface area contributed by atoms with E-state index < -0.39 is 6.03 Å². The molecule has 1 heterocycles. The zero-order chi connectivity index (χ0) is 13.0. The molecule has 1 aromatic heterocycles. The van der Waals surface area contributed by atoms with E-state index in [4.69, 9.17) is 4.52 Å². The third kappa shape index (κ3) is 3.27. The molecule has 6 nitrogen and oxygen atoms in total. The monoisotopic (exact) mass is 250 g/mol. The minimum absolute atomic E-state index is 0.133. The highest BCUT2D eigenvalue weighted by Gasteiger charge is 2.05. The molecule has 0 bridgehead atoms. The number of halogens is 1. The van der Waals surface area contributed by atoms with E-state index in [1.54, 1.807) is 6.92 Å². The molecular weight excluding hydrogens is 239 g/mol. The zero-order valence-corrected chi connectivity index (χ0v) is 9.61. The fraction of sp³-hybridized carbons (Fsp3) is 0.182. The van der Waals surface area contributed by atoms with Crippen molar-refractivity contribution in [3.63, 3.8) is 0 Å². The molecule has 0 spiro atoms. The van der Waals surface area contributed by atoms with Crippen molar-refractivity contribution in [1.29, 1.82) is 0 Å². The molecule has 0 fully saturated rings. The van der Waals surface area contributed by atoms with Crippen LogP contribution in [-0.2, 0) is 6.54 Å². The lowest BCUT2D eigenvalue weighted by Gasteiger charge is -2.05. The molecule has 0 aliphatic rings. The summed E-state index contributed by atoms with van der Waals surface area (Å²) >= 11 is 0. The van der Waals surface area contributed by atoms with Crippen LogP contribution in [0.5, 0.6) is 0 Å². The molecule has 2 amide bonds. The van der Waals surface area contributed by atoms with Crippen LogP contribution in [0.1, 0.15) is 11.7 Å². The molecule has 2 N–H and O–H groups in total. The van der Waals surface area contributed by atoms with Crippen LogP contribution in [-0.4, -0.2) is 16.2 Å². The fourth-order valence-electron chi connectivity index (χ4n) is 1.28. The minimum atomic E-state index is -0.433. The first kappa shape index (κ1) is 12.0. The Hall–Kier alpha value is -2.44. The van der Waals surface area contributed by atoms with Crippen molar-refractivity contribution >= 4 is 11.7 Å². The van der Waals surface area contributed by atoms with E-state index in [1.165, 1.54) is 24.3 Å². The average Bonchev–Trinajstić information content (AvgIpc) is 2.76. The van der Waals surface area contributed by atoms with Gasteiger partial charge in [0, 0.05) is 5.69 Å². The number of aryl methyl sites for hydroxylation is 1. The lowest BCUT2D eigenvalue weighted by atomic mass is 10.3. The van der Waals surface area contributed by atoms with Crippen LogP contribution >= 0.6 is 0 Å². The third-order valence-electron chi connectivity index (χ3n) is 2.07. The maximum absolute atomic E-state index is 12.6. The van der Waals surface area contributed by atoms with E-state index in [9.17, 15) is 9.18 Å². The number of urea groups is 1. The van der Waals surface area contributed by atoms with E-state index in [0.717, 1.165) is 0 Å². The third-order valence-corrected chi connectivity index (χ3v) is 2.07. The normalized spacial score (nSPS) is 10.1. The number of rotatable bonds is 3. The number of nitrogens with one attached hydrogen (secondary N) is 2. The molecule has 1 aromatic carbocycles. The second-order valence-electron chi connectivity index (χ2n) is 3.55. The Morgan fingerprint density at radius 2 is 2.11 bits per heavy atom. The molecule has 2 rings (SSSR count). The number of hydrogen-bond donors (Lipinski definition) is 2. The van der Waals surface area contributed by atoms with Gasteiger partial charge in [-0.2, -0.15) is 4.98 Å². The Bertz CT molecular complexity index is 538. The van der Waals surface area contributed by atoms with E-state index in [1.807, 2.05) is 0 Å². The van der Waals surface area contributed by atoms with Crippen molar-refractivity contribution in [2.45, 2.75) is 13.5 Å². The van der Waals surface area contributed by atoms with Gasteiger partial charge in [0.15, 0.2) is 5.82 Å². The van der Waals surface area contributed by atoms with Gasteiger partial charge in [-0.25, -0.2) is 9.18 Å². The van der Waals surface area contributed by atoms with Gasteiger partial charge >= 0.3 is 6.03 Å². The quantitative estimate of drug-likeness (QED) is 0.871. The van der Waals surface area contributed by atoms with Crippen molar-refractivity contribution in [3.05, 3.63) is 41.8 Å². The van der Waals surface area contributed by atoms with Crippen molar-refractivity contribution in [2.24, 2.45) is 0 Å². The first-order chi connectivity index (χ1) is 8.63. The number of nitrogens with zero attached hydrogens (tertiary/aromatic N) is 2. The molecule has 94 valence electrons. The van der Waals surface area contributed by atoms with Gasteiger partial charge in [-0.15, -0.1) is 0 Å². The number of hydrogen-bond acceptors (Lipinski definition) is 4. The molecule has 2 aromatic rings. The van der Waals surface area contributed by atoms with Gasteiger partial charge in [-0.05, 0) is 31.2 Å². The predicted molar refractivity (Wildman–Crippen MR) is 61.3 cm³/mol. The average molecular weight is 250 g/mol. The summed E-state index contributed by atoms with van der Waals surface area (Å²) in [4.78, 5) is 15.4. The van der Waals surface area contributed by atoms with Crippen LogP contribution in [0.15, 0.2) is 28.8 Å². The minimum Gasteiger partial charge on any atom is -0.337 e. The highest BCUT2D eigenvalue weighted by Crippen LogP contribution is 2.07. The summed E-state index contributed by atoms with van der Waals surface area (Å²) < 4.78 is 17.5. The van der Waals surface area contributed by atoms with Crippen molar-refractivity contribution in [1.82, 2.24) is 15.5 Å². The van der Waals surface area contributed by atoms with Crippen LogP contribution in [0.4, 0.5) is 14.9 Å². The first-order valence-corrected chi connectivity index (χ1v) is 5.23. The Morgan fingerprint density at radius 3 is 2.72 bits per heavy atom. The molecule has 0 radical (unpaired) electrons. The zero-order valence-electron chi connectivity index (χ0n) is 9.61. The molecule has 18 heavy (non-hydrogen) atoms. The van der Waals surface area contributed by atoms with Crippen LogP contribution in [0.3, 0.4) is 0 Å². The van der Waals surface area contributed by atoms with Crippen LogP contribution in [0.25, 0.3) is 0 Å². The van der Waals surface area contributed by atoms with Gasteiger partial charge in [0.2, 0.25) is 5.89 Å². The van der Waals surface area contributed by atoms with E-state index in [2.05, 4.69) is 20.8 Å². The summed E-state index contributed by atoms with van der Waals surface area (Å²) in [5.41, 5.74) is 0.496. The summed E-state index contributed by atoms with van der Waals surface area (Å²) in [5.74, 6) is 0.467. The van der Waals surface area contributed by atoms with Gasteiger partial charge in [0.1, 0.15) is 5.82 Å². The number of carbonyl (C=O) groups excluding carboxylic acids is 1. The first-order valence-electron chi connectivity index (χ1n) is 5.23. The van der Waals surface area contributed by atoms with Crippen LogP contribution < -0.4 is 10.6 Å². The Morgan fingerprint density at radius 1 is 1.39 bits per heavy atom. The standard InChI is InChI=1S/C11H11FN4O2/c1-7-14-10(18-16-7)6-13-11(17)15-9-4-2-8(12)3-5-9/h2-5H,6H2,1H3,(H2,13,15,17). The van der Waals surface area contributed by atoms with E-state index >= 15 is 0 Å². The summed E-state index contributed by atoms with van der Waals surface area (Å²) in [6.45, 7) is 1.82. The van der Waals surface area contributed by atoms with Crippen molar-refractivity contribution in [3.8, 4) is 0 Å². The largest absolute Gasteiger partial charge is 0.337 e. The molecular formula is C11H11FN4O2. The summed E-state index contributed by atoms with van der Waals surface area (Å²) in [5, 5.41) is 8.66. The highest BCUT2D eigenvalue weighted by atomic mass is 19.1. The Balaban J connectivity index is 1.83. The topological polar surface area (TPSA) is 80.0 Å². The van der Waals surface area contributed by atoms with Crippen molar-refractivity contribution < 1.29 is 13.7 Å². The number of carbonyl (C=O) groups is 1. The van der Waals surface area contributed by atoms with Crippen LogP contribution in [0.2, 0.25) is 0 Å². The van der Waals surface area contributed by atoms with E-state index in [0.29, 0.717) is 17.4 Å². The van der Waals surface area contributed by atoms with Gasteiger partial charge in [-0.1, -0.05) is 5.16 Å². The number of anilines is 1. The molecule has 7 heteroatoms. The second-order valence-corrected chi connectivity index (χ2v) is 3.55. The molecule has 0 atom stereocenters. The van der Waals surface area contributed by atoms with Crippen molar-refractivity contribution in [2.75, 3.05) is 5.32 Å². The van der Waals surface area contributed by atoms with Gasteiger partial charge in [0.05, 0.1) is 6.54 Å².